The molecule has 1 heterocycles. The van der Waals surface area contributed by atoms with Gasteiger partial charge in [-0.1, -0.05) is 55.1 Å². The van der Waals surface area contributed by atoms with Crippen molar-refractivity contribution >= 4 is 16.5 Å². The Bertz CT molecular complexity index is 1100. The van der Waals surface area contributed by atoms with Gasteiger partial charge in [0.15, 0.2) is 0 Å². The summed E-state index contributed by atoms with van der Waals surface area (Å²) in [4.78, 5) is 0. The van der Waals surface area contributed by atoms with E-state index < -0.39 is 0 Å². The van der Waals surface area contributed by atoms with Crippen LogP contribution in [-0.4, -0.2) is 13.7 Å². The molecule has 3 unspecified atom stereocenters. The van der Waals surface area contributed by atoms with Crippen molar-refractivity contribution < 1.29 is 9.47 Å². The van der Waals surface area contributed by atoms with Gasteiger partial charge in [0, 0.05) is 17.2 Å². The number of nitrogens with one attached hydrogen (secondary N) is 1. The van der Waals surface area contributed by atoms with E-state index in [4.69, 9.17) is 9.47 Å². The van der Waals surface area contributed by atoms with Crippen LogP contribution in [0, 0.1) is 5.92 Å². The Morgan fingerprint density at radius 2 is 2.03 bits per heavy atom. The number of methoxy groups -OCH3 is 1. The Kier molecular flexibility index (Phi) is 4.51. The van der Waals surface area contributed by atoms with Gasteiger partial charge in [-0.25, -0.2) is 0 Å². The predicted molar refractivity (Wildman–Crippen MR) is 119 cm³/mol. The maximum Gasteiger partial charge on any atom is 0.124 e. The molecule has 29 heavy (non-hydrogen) atoms. The van der Waals surface area contributed by atoms with Crippen molar-refractivity contribution in [2.75, 3.05) is 19.0 Å². The summed E-state index contributed by atoms with van der Waals surface area (Å²) in [5.41, 5.74) is 3.73. The van der Waals surface area contributed by atoms with E-state index in [1.165, 1.54) is 27.6 Å². The van der Waals surface area contributed by atoms with Crippen molar-refractivity contribution in [1.82, 2.24) is 0 Å². The molecule has 0 aromatic heterocycles. The largest absolute Gasteiger partial charge is 0.496 e. The second-order valence-electron chi connectivity index (χ2n) is 7.73. The summed E-state index contributed by atoms with van der Waals surface area (Å²) in [7, 11) is 1.76. The lowest BCUT2D eigenvalue weighted by Crippen LogP contribution is -2.29. The fraction of sp³-hybridized carbons (Fsp3) is 0.231. The lowest BCUT2D eigenvalue weighted by atomic mass is 9.76. The van der Waals surface area contributed by atoms with Crippen molar-refractivity contribution in [3.63, 3.8) is 0 Å². The predicted octanol–water partition coefficient (Wildman–Crippen LogP) is 6.24. The zero-order valence-electron chi connectivity index (χ0n) is 16.6. The van der Waals surface area contributed by atoms with E-state index in [2.05, 4.69) is 72.6 Å². The molecule has 3 atom stereocenters. The maximum absolute atomic E-state index is 5.82. The van der Waals surface area contributed by atoms with Crippen LogP contribution in [0.5, 0.6) is 11.5 Å². The van der Waals surface area contributed by atoms with Crippen molar-refractivity contribution in [3.8, 4) is 11.5 Å². The van der Waals surface area contributed by atoms with Crippen LogP contribution in [0.3, 0.4) is 0 Å². The summed E-state index contributed by atoms with van der Waals surface area (Å²) in [6.45, 7) is 4.26. The summed E-state index contributed by atoms with van der Waals surface area (Å²) in [5, 5.41) is 6.34. The highest BCUT2D eigenvalue weighted by Gasteiger charge is 2.39. The maximum atomic E-state index is 5.82. The normalized spacial score (nSPS) is 21.9. The van der Waals surface area contributed by atoms with Gasteiger partial charge in [0.1, 0.15) is 18.1 Å². The van der Waals surface area contributed by atoms with Crippen LogP contribution < -0.4 is 14.8 Å². The zero-order chi connectivity index (χ0) is 19.8. The van der Waals surface area contributed by atoms with Gasteiger partial charge in [0.2, 0.25) is 0 Å². The third-order valence-electron chi connectivity index (χ3n) is 6.16. The summed E-state index contributed by atoms with van der Waals surface area (Å²) in [6.07, 6.45) is 7.49. The molecule has 1 aliphatic heterocycles. The van der Waals surface area contributed by atoms with Crippen LogP contribution in [0.15, 0.2) is 79.4 Å². The van der Waals surface area contributed by atoms with E-state index in [9.17, 15) is 0 Å². The molecule has 1 N–H and O–H groups in total. The van der Waals surface area contributed by atoms with Crippen molar-refractivity contribution in [2.24, 2.45) is 5.92 Å². The Morgan fingerprint density at radius 1 is 1.14 bits per heavy atom. The highest BCUT2D eigenvalue weighted by atomic mass is 16.5. The fourth-order valence-electron chi connectivity index (χ4n) is 4.88. The second kappa shape index (κ2) is 7.32. The van der Waals surface area contributed by atoms with Gasteiger partial charge in [0.25, 0.3) is 0 Å². The molecule has 146 valence electrons. The third kappa shape index (κ3) is 2.98. The minimum absolute atomic E-state index is 0.184. The first-order valence-electron chi connectivity index (χ1n) is 10.2. The number of hydrogen-bond acceptors (Lipinski definition) is 3. The van der Waals surface area contributed by atoms with E-state index in [1.807, 2.05) is 6.07 Å². The van der Waals surface area contributed by atoms with E-state index in [-0.39, 0.29) is 6.04 Å². The number of allylic oxidation sites excluding steroid dienone is 2. The Morgan fingerprint density at radius 3 is 2.90 bits per heavy atom. The van der Waals surface area contributed by atoms with E-state index in [0.29, 0.717) is 18.4 Å². The molecular formula is C26H25NO2. The van der Waals surface area contributed by atoms with Gasteiger partial charge in [0.05, 0.1) is 13.2 Å². The summed E-state index contributed by atoms with van der Waals surface area (Å²) in [5.74, 6) is 2.65. The highest BCUT2D eigenvalue weighted by Crippen LogP contribution is 2.52. The van der Waals surface area contributed by atoms with E-state index in [0.717, 1.165) is 17.9 Å². The van der Waals surface area contributed by atoms with Gasteiger partial charge in [-0.15, -0.1) is 0 Å². The molecule has 0 bridgehead atoms. The SMILES string of the molecule is C=CCOc1ccc2c(c1)C1C=CCC1C(c1c(OC)ccc3ccccc13)N2. The molecule has 3 aromatic rings. The number of benzene rings is 3. The smallest absolute Gasteiger partial charge is 0.124 e. The monoisotopic (exact) mass is 383 g/mol. The van der Waals surface area contributed by atoms with Gasteiger partial charge in [-0.05, 0) is 52.9 Å². The molecule has 0 radical (unpaired) electrons. The van der Waals surface area contributed by atoms with Gasteiger partial charge >= 0.3 is 0 Å². The molecule has 0 spiro atoms. The number of hydrogen-bond donors (Lipinski definition) is 1. The van der Waals surface area contributed by atoms with Crippen LogP contribution in [0.25, 0.3) is 10.8 Å². The first-order valence-corrected chi connectivity index (χ1v) is 10.2. The molecule has 1 aliphatic carbocycles. The van der Waals surface area contributed by atoms with Crippen molar-refractivity contribution in [1.29, 1.82) is 0 Å². The summed E-state index contributed by atoms with van der Waals surface area (Å²) < 4.78 is 11.6. The average molecular weight is 383 g/mol. The topological polar surface area (TPSA) is 30.5 Å². The minimum atomic E-state index is 0.184. The average Bonchev–Trinajstić information content (AvgIpc) is 3.27. The zero-order valence-corrected chi connectivity index (χ0v) is 16.6. The fourth-order valence-corrected chi connectivity index (χ4v) is 4.88. The van der Waals surface area contributed by atoms with Crippen molar-refractivity contribution in [2.45, 2.75) is 18.4 Å². The Hall–Kier alpha value is -3.20. The lowest BCUT2D eigenvalue weighted by Gasteiger charge is -2.38. The molecule has 3 aromatic carbocycles. The van der Waals surface area contributed by atoms with Crippen molar-refractivity contribution in [3.05, 3.63) is 90.5 Å². The Labute approximate surface area is 171 Å². The first-order chi connectivity index (χ1) is 14.3. The van der Waals surface area contributed by atoms with Gasteiger partial charge < -0.3 is 14.8 Å². The van der Waals surface area contributed by atoms with Crippen LogP contribution in [0.2, 0.25) is 0 Å². The van der Waals surface area contributed by atoms with Crippen LogP contribution in [0.4, 0.5) is 5.69 Å². The molecule has 0 fully saturated rings. The van der Waals surface area contributed by atoms with E-state index >= 15 is 0 Å². The minimum Gasteiger partial charge on any atom is -0.496 e. The Balaban J connectivity index is 1.62. The standard InChI is InChI=1S/C26H25NO2/c1-3-15-29-18-12-13-23-22(16-18)20-9-6-10-21(20)26(27-23)25-19-8-5-4-7-17(19)11-14-24(25)28-2/h3-9,11-14,16,20-21,26-27H,1,10,15H2,2H3. The molecule has 3 heteroatoms. The van der Waals surface area contributed by atoms with Crippen LogP contribution >= 0.6 is 0 Å². The number of anilines is 1. The summed E-state index contributed by atoms with van der Waals surface area (Å²) >= 11 is 0. The molecule has 3 nitrogen and oxygen atoms in total. The number of ether oxygens (including phenoxy) is 2. The first kappa shape index (κ1) is 17.9. The van der Waals surface area contributed by atoms with Gasteiger partial charge in [-0.2, -0.15) is 0 Å². The molecule has 2 aliphatic rings. The number of rotatable bonds is 5. The van der Waals surface area contributed by atoms with E-state index in [1.54, 1.807) is 13.2 Å². The van der Waals surface area contributed by atoms with Crippen LogP contribution in [-0.2, 0) is 0 Å². The number of fused-ring (bicyclic) bond motifs is 4. The lowest BCUT2D eigenvalue weighted by molar-refractivity contribution is 0.359. The highest BCUT2D eigenvalue weighted by molar-refractivity contribution is 5.89. The molecular weight excluding hydrogens is 358 g/mol. The molecule has 0 saturated heterocycles. The van der Waals surface area contributed by atoms with Gasteiger partial charge in [-0.3, -0.25) is 0 Å². The molecule has 0 saturated carbocycles. The third-order valence-corrected chi connectivity index (χ3v) is 6.16. The van der Waals surface area contributed by atoms with Crippen LogP contribution in [0.1, 0.15) is 29.5 Å². The molecule has 0 amide bonds. The molecule has 5 rings (SSSR count). The summed E-state index contributed by atoms with van der Waals surface area (Å²) in [6, 6.07) is 19.3. The second-order valence-corrected chi connectivity index (χ2v) is 7.73. The quantitative estimate of drug-likeness (QED) is 0.529.